The van der Waals surface area contributed by atoms with Crippen LogP contribution < -0.4 is 5.32 Å². The van der Waals surface area contributed by atoms with Crippen molar-refractivity contribution in [2.24, 2.45) is 5.92 Å². The Hall–Kier alpha value is -0.200. The number of aliphatic hydroxyl groups excluding tert-OH is 4. The van der Waals surface area contributed by atoms with E-state index in [0.717, 1.165) is 0 Å². The Labute approximate surface area is 77.0 Å². The smallest absolute Gasteiger partial charge is 0.0923 e. The molecule has 0 aromatic rings. The maximum absolute atomic E-state index is 9.39. The molecular formula is C8H17NO4. The average Bonchev–Trinajstić information content (AvgIpc) is 2.28. The van der Waals surface area contributed by atoms with Gasteiger partial charge in [0.05, 0.1) is 24.9 Å². The first-order valence-corrected chi connectivity index (χ1v) is 4.51. The Morgan fingerprint density at radius 1 is 1.23 bits per heavy atom. The largest absolute Gasteiger partial charge is 0.394 e. The SMILES string of the molecule is OC[C@@H](O)[C@H]1CNC[C@H](O)[C@H](O)C1. The number of hydrogen-bond donors (Lipinski definition) is 5. The molecule has 1 fully saturated rings. The van der Waals surface area contributed by atoms with Crippen LogP contribution >= 0.6 is 0 Å². The second-order valence-corrected chi connectivity index (χ2v) is 3.54. The van der Waals surface area contributed by atoms with Crippen LogP contribution in [0, 0.1) is 5.92 Å². The summed E-state index contributed by atoms with van der Waals surface area (Å²) in [6.07, 6.45) is -2.11. The van der Waals surface area contributed by atoms with Gasteiger partial charge in [0.15, 0.2) is 0 Å². The third-order valence-corrected chi connectivity index (χ3v) is 2.48. The molecule has 0 amide bonds. The highest BCUT2D eigenvalue weighted by atomic mass is 16.3. The number of aliphatic hydroxyl groups is 4. The van der Waals surface area contributed by atoms with Crippen molar-refractivity contribution in [3.63, 3.8) is 0 Å². The van der Waals surface area contributed by atoms with Crippen molar-refractivity contribution < 1.29 is 20.4 Å². The van der Waals surface area contributed by atoms with Gasteiger partial charge in [0.2, 0.25) is 0 Å². The van der Waals surface area contributed by atoms with Gasteiger partial charge in [-0.15, -0.1) is 0 Å². The van der Waals surface area contributed by atoms with E-state index in [1.54, 1.807) is 0 Å². The number of hydrogen-bond acceptors (Lipinski definition) is 5. The van der Waals surface area contributed by atoms with Crippen molar-refractivity contribution in [2.75, 3.05) is 19.7 Å². The summed E-state index contributed by atoms with van der Waals surface area (Å²) >= 11 is 0. The molecule has 1 aliphatic heterocycles. The summed E-state index contributed by atoms with van der Waals surface area (Å²) in [7, 11) is 0. The van der Waals surface area contributed by atoms with E-state index < -0.39 is 18.3 Å². The highest BCUT2D eigenvalue weighted by molar-refractivity contribution is 4.82. The van der Waals surface area contributed by atoms with Crippen molar-refractivity contribution in [1.82, 2.24) is 5.32 Å². The van der Waals surface area contributed by atoms with Crippen LogP contribution in [-0.4, -0.2) is 58.4 Å². The van der Waals surface area contributed by atoms with Gasteiger partial charge in [-0.1, -0.05) is 0 Å². The zero-order valence-electron chi connectivity index (χ0n) is 7.43. The molecule has 78 valence electrons. The van der Waals surface area contributed by atoms with Crippen LogP contribution in [0.2, 0.25) is 0 Å². The molecule has 5 nitrogen and oxygen atoms in total. The van der Waals surface area contributed by atoms with Crippen molar-refractivity contribution >= 4 is 0 Å². The van der Waals surface area contributed by atoms with E-state index in [1.165, 1.54) is 0 Å². The maximum atomic E-state index is 9.39. The van der Waals surface area contributed by atoms with Crippen molar-refractivity contribution in [3.8, 4) is 0 Å². The highest BCUT2D eigenvalue weighted by Crippen LogP contribution is 2.15. The number of β-amino-alcohol motifs (C(OH)–C–C–N with tert-alkyl or cyclic N) is 1. The van der Waals surface area contributed by atoms with Crippen LogP contribution in [-0.2, 0) is 0 Å². The lowest BCUT2D eigenvalue weighted by Gasteiger charge is -2.21. The van der Waals surface area contributed by atoms with Gasteiger partial charge in [0.25, 0.3) is 0 Å². The molecule has 0 bridgehead atoms. The molecule has 0 saturated carbocycles. The molecule has 1 heterocycles. The first kappa shape index (κ1) is 10.9. The summed E-state index contributed by atoms with van der Waals surface area (Å²) in [6, 6.07) is 0. The van der Waals surface area contributed by atoms with Gasteiger partial charge in [-0.2, -0.15) is 0 Å². The van der Waals surface area contributed by atoms with Gasteiger partial charge >= 0.3 is 0 Å². The molecule has 1 rings (SSSR count). The maximum Gasteiger partial charge on any atom is 0.0923 e. The summed E-state index contributed by atoms with van der Waals surface area (Å²) in [5.74, 6) is -0.197. The third kappa shape index (κ3) is 2.89. The molecule has 0 aromatic heterocycles. The normalized spacial score (nSPS) is 38.3. The van der Waals surface area contributed by atoms with E-state index in [4.69, 9.17) is 5.11 Å². The van der Waals surface area contributed by atoms with Crippen LogP contribution in [0.3, 0.4) is 0 Å². The summed E-state index contributed by atoms with van der Waals surface area (Å²) in [4.78, 5) is 0. The van der Waals surface area contributed by atoms with Crippen LogP contribution in [0.4, 0.5) is 0 Å². The number of nitrogens with one attached hydrogen (secondary N) is 1. The van der Waals surface area contributed by atoms with Crippen LogP contribution in [0.15, 0.2) is 0 Å². The van der Waals surface area contributed by atoms with Crippen molar-refractivity contribution in [3.05, 3.63) is 0 Å². The molecule has 1 saturated heterocycles. The van der Waals surface area contributed by atoms with E-state index in [9.17, 15) is 15.3 Å². The van der Waals surface area contributed by atoms with E-state index in [0.29, 0.717) is 19.5 Å². The molecular weight excluding hydrogens is 174 g/mol. The predicted molar refractivity (Wildman–Crippen MR) is 46.1 cm³/mol. The first-order valence-electron chi connectivity index (χ1n) is 4.51. The van der Waals surface area contributed by atoms with Crippen molar-refractivity contribution in [1.29, 1.82) is 0 Å². The molecule has 5 N–H and O–H groups in total. The fourth-order valence-electron chi connectivity index (χ4n) is 1.55. The van der Waals surface area contributed by atoms with E-state index in [1.807, 2.05) is 0 Å². The molecule has 13 heavy (non-hydrogen) atoms. The van der Waals surface area contributed by atoms with Gasteiger partial charge in [-0.25, -0.2) is 0 Å². The zero-order chi connectivity index (χ0) is 9.84. The first-order chi connectivity index (χ1) is 6.15. The third-order valence-electron chi connectivity index (χ3n) is 2.48. The highest BCUT2D eigenvalue weighted by Gasteiger charge is 2.28. The summed E-state index contributed by atoms with van der Waals surface area (Å²) in [6.45, 7) is 0.529. The minimum atomic E-state index is -0.826. The van der Waals surface area contributed by atoms with Gasteiger partial charge in [-0.3, -0.25) is 0 Å². The Morgan fingerprint density at radius 3 is 2.54 bits per heavy atom. The second-order valence-electron chi connectivity index (χ2n) is 3.54. The monoisotopic (exact) mass is 191 g/mol. The second kappa shape index (κ2) is 4.88. The summed E-state index contributed by atoms with van der Waals surface area (Å²) in [5.41, 5.74) is 0. The molecule has 0 unspecified atom stereocenters. The molecule has 5 heteroatoms. The molecule has 0 aromatic carbocycles. The molecule has 0 spiro atoms. The lowest BCUT2D eigenvalue weighted by molar-refractivity contribution is -0.00681. The average molecular weight is 191 g/mol. The number of rotatable bonds is 2. The molecule has 4 atom stereocenters. The van der Waals surface area contributed by atoms with E-state index >= 15 is 0 Å². The fourth-order valence-corrected chi connectivity index (χ4v) is 1.55. The van der Waals surface area contributed by atoms with Gasteiger partial charge in [-0.05, 0) is 6.42 Å². The predicted octanol–water partition coefficient (Wildman–Crippen LogP) is -2.33. The minimum absolute atomic E-state index is 0.197. The van der Waals surface area contributed by atoms with Crippen LogP contribution in [0.1, 0.15) is 6.42 Å². The standard InChI is InChI=1S/C8H17NO4/c10-4-8(13)5-1-6(11)7(12)3-9-2-5/h5-13H,1-4H2/t5-,6-,7+,8-/m1/s1. The van der Waals surface area contributed by atoms with E-state index in [-0.39, 0.29) is 12.5 Å². The van der Waals surface area contributed by atoms with E-state index in [2.05, 4.69) is 5.32 Å². The zero-order valence-corrected chi connectivity index (χ0v) is 7.43. The Kier molecular flexibility index (Phi) is 4.08. The molecule has 1 aliphatic rings. The van der Waals surface area contributed by atoms with Crippen LogP contribution in [0.5, 0.6) is 0 Å². The van der Waals surface area contributed by atoms with Gasteiger partial charge < -0.3 is 25.7 Å². The lowest BCUT2D eigenvalue weighted by Crippen LogP contribution is -2.32. The molecule has 0 radical (unpaired) electrons. The Bertz CT molecular complexity index is 155. The summed E-state index contributed by atoms with van der Waals surface area (Å²) < 4.78 is 0. The summed E-state index contributed by atoms with van der Waals surface area (Å²) in [5, 5.41) is 39.6. The van der Waals surface area contributed by atoms with Gasteiger partial charge in [0, 0.05) is 19.0 Å². The quantitative estimate of drug-likeness (QED) is 0.337. The Balaban J connectivity index is 2.48. The lowest BCUT2D eigenvalue weighted by atomic mass is 9.95. The molecule has 0 aliphatic carbocycles. The topological polar surface area (TPSA) is 93.0 Å². The van der Waals surface area contributed by atoms with Crippen molar-refractivity contribution in [2.45, 2.75) is 24.7 Å². The van der Waals surface area contributed by atoms with Gasteiger partial charge in [0.1, 0.15) is 0 Å². The van der Waals surface area contributed by atoms with Crippen LogP contribution in [0.25, 0.3) is 0 Å². The Morgan fingerprint density at radius 2 is 1.92 bits per heavy atom. The minimum Gasteiger partial charge on any atom is -0.394 e. The fraction of sp³-hybridized carbons (Fsp3) is 1.00.